The maximum absolute atomic E-state index is 12.3. The summed E-state index contributed by atoms with van der Waals surface area (Å²) < 4.78 is 27.1. The second-order valence-electron chi connectivity index (χ2n) is 4.89. The van der Waals surface area contributed by atoms with Crippen molar-refractivity contribution in [2.45, 2.75) is 11.0 Å². The van der Waals surface area contributed by atoms with Gasteiger partial charge in [-0.05, 0) is 34.4 Å². The molecule has 0 aliphatic carbocycles. The highest BCUT2D eigenvalue weighted by atomic mass is 32.2. The number of aliphatic hydroxyl groups excluding tert-OH is 1. The summed E-state index contributed by atoms with van der Waals surface area (Å²) in [4.78, 5) is 0.936. The summed E-state index contributed by atoms with van der Waals surface area (Å²) in [5.74, 6) is 0. The third kappa shape index (κ3) is 3.20. The average Bonchev–Trinajstić information content (AvgIpc) is 3.07. The number of sulfonamides is 1. The van der Waals surface area contributed by atoms with Crippen LogP contribution in [0, 0.1) is 0 Å². The molecular formula is C16H15NO3S2. The Bertz CT molecular complexity index is 873. The lowest BCUT2D eigenvalue weighted by atomic mass is 10.1. The van der Waals surface area contributed by atoms with Crippen molar-refractivity contribution < 1.29 is 13.5 Å². The molecule has 22 heavy (non-hydrogen) atoms. The van der Waals surface area contributed by atoms with Crippen molar-refractivity contribution in [2.24, 2.45) is 0 Å². The molecule has 4 nitrogen and oxygen atoms in total. The van der Waals surface area contributed by atoms with Gasteiger partial charge in [-0.2, -0.15) is 0 Å². The maximum atomic E-state index is 12.3. The molecule has 0 spiro atoms. The van der Waals surface area contributed by atoms with E-state index < -0.39 is 16.1 Å². The molecule has 1 heterocycles. The van der Waals surface area contributed by atoms with E-state index >= 15 is 0 Å². The van der Waals surface area contributed by atoms with Crippen LogP contribution in [0.4, 0.5) is 0 Å². The highest BCUT2D eigenvalue weighted by Gasteiger charge is 2.17. The molecule has 114 valence electrons. The van der Waals surface area contributed by atoms with Crippen molar-refractivity contribution in [3.63, 3.8) is 0 Å². The predicted octanol–water partition coefficient (Wildman–Crippen LogP) is 2.91. The van der Waals surface area contributed by atoms with Gasteiger partial charge in [0.2, 0.25) is 10.0 Å². The number of nitrogens with one attached hydrogen (secondary N) is 1. The first-order chi connectivity index (χ1) is 10.6. The predicted molar refractivity (Wildman–Crippen MR) is 88.4 cm³/mol. The van der Waals surface area contributed by atoms with Gasteiger partial charge in [0.15, 0.2) is 0 Å². The molecule has 0 amide bonds. The number of benzene rings is 2. The van der Waals surface area contributed by atoms with Gasteiger partial charge in [-0.25, -0.2) is 13.1 Å². The molecule has 0 radical (unpaired) electrons. The second-order valence-corrected chi connectivity index (χ2v) is 7.64. The van der Waals surface area contributed by atoms with E-state index in [1.165, 1.54) is 11.3 Å². The Morgan fingerprint density at radius 2 is 1.82 bits per heavy atom. The molecule has 2 aromatic carbocycles. The molecule has 2 N–H and O–H groups in total. The molecule has 1 aromatic heterocycles. The van der Waals surface area contributed by atoms with E-state index in [1.807, 2.05) is 35.7 Å². The van der Waals surface area contributed by atoms with Crippen LogP contribution in [0.15, 0.2) is 64.9 Å². The molecule has 1 atom stereocenters. The van der Waals surface area contributed by atoms with Crippen molar-refractivity contribution in [1.29, 1.82) is 0 Å². The molecule has 1 unspecified atom stereocenters. The van der Waals surface area contributed by atoms with Gasteiger partial charge in [0, 0.05) is 11.4 Å². The van der Waals surface area contributed by atoms with Gasteiger partial charge in [-0.1, -0.05) is 36.4 Å². The summed E-state index contributed by atoms with van der Waals surface area (Å²) in [5, 5.41) is 13.7. The van der Waals surface area contributed by atoms with E-state index in [9.17, 15) is 13.5 Å². The van der Waals surface area contributed by atoms with Crippen LogP contribution < -0.4 is 4.72 Å². The zero-order valence-corrected chi connectivity index (χ0v) is 13.3. The molecule has 3 aromatic rings. The molecule has 0 bridgehead atoms. The normalized spacial score (nSPS) is 13.3. The Morgan fingerprint density at radius 3 is 2.55 bits per heavy atom. The number of aliphatic hydroxyl groups is 1. The van der Waals surface area contributed by atoms with Gasteiger partial charge in [0.05, 0.1) is 4.90 Å². The third-order valence-electron chi connectivity index (χ3n) is 3.37. The van der Waals surface area contributed by atoms with Crippen molar-refractivity contribution in [3.8, 4) is 0 Å². The molecule has 3 rings (SSSR count). The van der Waals surface area contributed by atoms with Gasteiger partial charge in [0.25, 0.3) is 0 Å². The Hall–Kier alpha value is -1.73. The van der Waals surface area contributed by atoms with Crippen LogP contribution in [-0.2, 0) is 10.0 Å². The number of thiophene rings is 1. The van der Waals surface area contributed by atoms with Gasteiger partial charge in [-0.3, -0.25) is 0 Å². The average molecular weight is 333 g/mol. The number of hydrogen-bond donors (Lipinski definition) is 2. The summed E-state index contributed by atoms with van der Waals surface area (Å²) in [6, 6.07) is 16.2. The molecule has 6 heteroatoms. The summed E-state index contributed by atoms with van der Waals surface area (Å²) in [5.41, 5.74) is 0. The molecular weight excluding hydrogens is 318 g/mol. The van der Waals surface area contributed by atoms with Crippen LogP contribution in [0.3, 0.4) is 0 Å². The van der Waals surface area contributed by atoms with Crippen LogP contribution in [0.1, 0.15) is 11.0 Å². The Balaban J connectivity index is 1.79. The minimum Gasteiger partial charge on any atom is -0.386 e. The first-order valence-electron chi connectivity index (χ1n) is 6.76. The monoisotopic (exact) mass is 333 g/mol. The number of rotatable bonds is 5. The number of hydrogen-bond acceptors (Lipinski definition) is 4. The molecule has 0 saturated carbocycles. The van der Waals surface area contributed by atoms with Crippen molar-refractivity contribution in [3.05, 3.63) is 64.9 Å². The topological polar surface area (TPSA) is 66.4 Å². The lowest BCUT2D eigenvalue weighted by Gasteiger charge is -2.11. The highest BCUT2D eigenvalue weighted by molar-refractivity contribution is 7.89. The Labute approximate surface area is 133 Å². The number of fused-ring (bicyclic) bond motifs is 1. The fourth-order valence-corrected chi connectivity index (χ4v) is 3.97. The Kier molecular flexibility index (Phi) is 4.26. The zero-order valence-electron chi connectivity index (χ0n) is 11.6. The second kappa shape index (κ2) is 6.18. The minimum atomic E-state index is -3.64. The smallest absolute Gasteiger partial charge is 0.240 e. The van der Waals surface area contributed by atoms with Crippen molar-refractivity contribution >= 4 is 32.1 Å². The Morgan fingerprint density at radius 1 is 1.05 bits per heavy atom. The molecule has 0 aliphatic rings. The van der Waals surface area contributed by atoms with Gasteiger partial charge in [-0.15, -0.1) is 11.3 Å². The van der Waals surface area contributed by atoms with Crippen LogP contribution >= 0.6 is 11.3 Å². The summed E-state index contributed by atoms with van der Waals surface area (Å²) in [7, 11) is -3.64. The zero-order chi connectivity index (χ0) is 15.6. The maximum Gasteiger partial charge on any atom is 0.240 e. The van der Waals surface area contributed by atoms with Crippen molar-refractivity contribution in [1.82, 2.24) is 4.72 Å². The fraction of sp³-hybridized carbons (Fsp3) is 0.125. The van der Waals surface area contributed by atoms with Gasteiger partial charge in [0.1, 0.15) is 6.10 Å². The highest BCUT2D eigenvalue weighted by Crippen LogP contribution is 2.21. The first-order valence-corrected chi connectivity index (χ1v) is 9.12. The van der Waals surface area contributed by atoms with Crippen molar-refractivity contribution in [2.75, 3.05) is 6.54 Å². The molecule has 0 fully saturated rings. The van der Waals surface area contributed by atoms with E-state index in [0.29, 0.717) is 0 Å². The fourth-order valence-electron chi connectivity index (χ4n) is 2.19. The summed E-state index contributed by atoms with van der Waals surface area (Å²) >= 11 is 1.39. The lowest BCUT2D eigenvalue weighted by molar-refractivity contribution is 0.186. The largest absolute Gasteiger partial charge is 0.386 e. The summed E-state index contributed by atoms with van der Waals surface area (Å²) in [6.07, 6.45) is -0.838. The van der Waals surface area contributed by atoms with Crippen LogP contribution in [0.5, 0.6) is 0 Å². The third-order valence-corrected chi connectivity index (χ3v) is 5.76. The first kappa shape index (κ1) is 15.2. The molecule has 0 aliphatic heterocycles. The van der Waals surface area contributed by atoms with Crippen LogP contribution in [0.25, 0.3) is 10.8 Å². The van der Waals surface area contributed by atoms with Gasteiger partial charge < -0.3 is 5.11 Å². The van der Waals surface area contributed by atoms with Crippen LogP contribution in [-0.4, -0.2) is 20.1 Å². The van der Waals surface area contributed by atoms with Gasteiger partial charge >= 0.3 is 0 Å². The SMILES string of the molecule is O=S(=O)(NCC(O)c1cccs1)c1ccc2ccccc2c1. The van der Waals surface area contributed by atoms with E-state index in [2.05, 4.69) is 4.72 Å². The van der Waals surface area contributed by atoms with Crippen LogP contribution in [0.2, 0.25) is 0 Å². The van der Waals surface area contributed by atoms with E-state index in [0.717, 1.165) is 15.6 Å². The standard InChI is InChI=1S/C16H15NO3S2/c18-15(16-6-3-9-21-16)11-17-22(19,20)14-8-7-12-4-1-2-5-13(12)10-14/h1-10,15,17-18H,11H2. The van der Waals surface area contributed by atoms with E-state index in [1.54, 1.807) is 24.3 Å². The molecule has 0 saturated heterocycles. The lowest BCUT2D eigenvalue weighted by Crippen LogP contribution is -2.28. The van der Waals surface area contributed by atoms with E-state index in [4.69, 9.17) is 0 Å². The van der Waals surface area contributed by atoms with E-state index in [-0.39, 0.29) is 11.4 Å². The quantitative estimate of drug-likeness (QED) is 0.754. The minimum absolute atomic E-state index is 0.0460. The summed E-state index contributed by atoms with van der Waals surface area (Å²) in [6.45, 7) is -0.0460.